The lowest BCUT2D eigenvalue weighted by Crippen LogP contribution is -2.38. The van der Waals surface area contributed by atoms with E-state index in [4.69, 9.17) is 15.0 Å². The summed E-state index contributed by atoms with van der Waals surface area (Å²) in [6.45, 7) is 1.27. The highest BCUT2D eigenvalue weighted by Crippen LogP contribution is 2.18. The van der Waals surface area contributed by atoms with Crippen LogP contribution in [0.15, 0.2) is 4.52 Å². The van der Waals surface area contributed by atoms with Gasteiger partial charge in [-0.15, -0.1) is 0 Å². The van der Waals surface area contributed by atoms with Gasteiger partial charge in [-0.05, 0) is 19.8 Å². The molecule has 1 aromatic heterocycles. The molecule has 3 N–H and O–H groups in total. The zero-order valence-electron chi connectivity index (χ0n) is 12.9. The highest BCUT2D eigenvalue weighted by atomic mass is 16.5. The third-order valence-corrected chi connectivity index (χ3v) is 3.90. The Morgan fingerprint density at radius 1 is 1.27 bits per heavy atom. The van der Waals surface area contributed by atoms with E-state index in [2.05, 4.69) is 10.5 Å². The van der Waals surface area contributed by atoms with Crippen molar-refractivity contribution in [3.05, 3.63) is 11.3 Å². The second-order valence-electron chi connectivity index (χ2n) is 5.69. The topological polar surface area (TPSA) is 107 Å². The van der Waals surface area contributed by atoms with Crippen LogP contribution in [0.2, 0.25) is 0 Å². The highest BCUT2D eigenvalue weighted by Gasteiger charge is 2.21. The number of aryl methyl sites for hydroxylation is 1. The minimum absolute atomic E-state index is 0.0822. The third-order valence-electron chi connectivity index (χ3n) is 3.90. The van der Waals surface area contributed by atoms with E-state index < -0.39 is 5.97 Å². The van der Waals surface area contributed by atoms with Gasteiger partial charge in [0.15, 0.2) is 6.61 Å². The summed E-state index contributed by atoms with van der Waals surface area (Å²) in [5, 5.41) is 6.51. The fourth-order valence-electron chi connectivity index (χ4n) is 2.71. The number of carbonyl (C=O) groups excluding carboxylic acids is 2. The minimum atomic E-state index is -0.691. The van der Waals surface area contributed by atoms with E-state index in [1.54, 1.807) is 6.92 Å². The maximum absolute atomic E-state index is 11.9. The van der Waals surface area contributed by atoms with Gasteiger partial charge in [0.1, 0.15) is 5.56 Å². The number of nitrogens with one attached hydrogen (secondary N) is 1. The van der Waals surface area contributed by atoms with Gasteiger partial charge in [-0.2, -0.15) is 0 Å². The fraction of sp³-hybridized carbons (Fsp3) is 0.667. The SMILES string of the molecule is Cc1noc(N)c1C(=O)OCC(=O)NC1CCCCCCC1. The van der Waals surface area contributed by atoms with Crippen LogP contribution in [0.25, 0.3) is 0 Å². The lowest BCUT2D eigenvalue weighted by atomic mass is 9.97. The van der Waals surface area contributed by atoms with Crippen LogP contribution < -0.4 is 11.1 Å². The number of ether oxygens (including phenoxy) is 1. The lowest BCUT2D eigenvalue weighted by molar-refractivity contribution is -0.125. The van der Waals surface area contributed by atoms with Gasteiger partial charge in [-0.1, -0.05) is 37.3 Å². The third kappa shape index (κ3) is 4.47. The number of aromatic nitrogens is 1. The molecular weight excluding hydrogens is 286 g/mol. The smallest absolute Gasteiger partial charge is 0.346 e. The first-order valence-corrected chi connectivity index (χ1v) is 7.76. The van der Waals surface area contributed by atoms with Gasteiger partial charge in [0, 0.05) is 6.04 Å². The number of rotatable bonds is 4. The Morgan fingerprint density at radius 2 is 1.91 bits per heavy atom. The fourth-order valence-corrected chi connectivity index (χ4v) is 2.71. The molecular formula is C15H23N3O4. The summed E-state index contributed by atoms with van der Waals surface area (Å²) >= 11 is 0. The van der Waals surface area contributed by atoms with Crippen molar-refractivity contribution >= 4 is 17.8 Å². The molecule has 1 saturated carbocycles. The molecule has 0 atom stereocenters. The maximum atomic E-state index is 11.9. The van der Waals surface area contributed by atoms with Crippen molar-refractivity contribution in [3.63, 3.8) is 0 Å². The van der Waals surface area contributed by atoms with Gasteiger partial charge in [-0.3, -0.25) is 4.79 Å². The Bertz CT molecular complexity index is 499. The number of hydrogen-bond acceptors (Lipinski definition) is 6. The highest BCUT2D eigenvalue weighted by molar-refractivity contribution is 5.96. The Balaban J connectivity index is 1.78. The van der Waals surface area contributed by atoms with Crippen LogP contribution in [0.1, 0.15) is 61.0 Å². The monoisotopic (exact) mass is 309 g/mol. The van der Waals surface area contributed by atoms with Gasteiger partial charge >= 0.3 is 5.97 Å². The molecule has 1 heterocycles. The van der Waals surface area contributed by atoms with Gasteiger partial charge in [0.2, 0.25) is 5.88 Å². The molecule has 7 nitrogen and oxygen atoms in total. The van der Waals surface area contributed by atoms with Crippen molar-refractivity contribution in [2.75, 3.05) is 12.3 Å². The summed E-state index contributed by atoms with van der Waals surface area (Å²) < 4.78 is 9.67. The van der Waals surface area contributed by atoms with E-state index in [-0.39, 0.29) is 30.0 Å². The molecule has 1 amide bonds. The Hall–Kier alpha value is -2.05. The van der Waals surface area contributed by atoms with Gasteiger partial charge < -0.3 is 20.3 Å². The van der Waals surface area contributed by atoms with Crippen molar-refractivity contribution in [2.24, 2.45) is 0 Å². The molecule has 0 spiro atoms. The predicted molar refractivity (Wildman–Crippen MR) is 80.2 cm³/mol. The van der Waals surface area contributed by atoms with Crippen molar-refractivity contribution in [2.45, 2.75) is 57.9 Å². The van der Waals surface area contributed by atoms with E-state index in [1.807, 2.05) is 0 Å². The normalized spacial score (nSPS) is 16.6. The second kappa shape index (κ2) is 7.82. The second-order valence-corrected chi connectivity index (χ2v) is 5.69. The van der Waals surface area contributed by atoms with Crippen LogP contribution in [0.4, 0.5) is 5.88 Å². The number of nitrogens with two attached hydrogens (primary N) is 1. The Labute approximate surface area is 129 Å². The summed E-state index contributed by atoms with van der Waals surface area (Å²) in [4.78, 5) is 23.8. The molecule has 1 aliphatic rings. The molecule has 22 heavy (non-hydrogen) atoms. The standard InChI is InChI=1S/C15H23N3O4/c1-10-13(14(16)22-18-10)15(20)21-9-12(19)17-11-7-5-3-2-4-6-8-11/h11H,2-9,16H2,1H3,(H,17,19). The molecule has 122 valence electrons. The zero-order chi connectivity index (χ0) is 15.9. The molecule has 2 rings (SSSR count). The van der Waals surface area contributed by atoms with Crippen molar-refractivity contribution in [3.8, 4) is 0 Å². The number of anilines is 1. The first kappa shape index (κ1) is 16.3. The zero-order valence-corrected chi connectivity index (χ0v) is 12.9. The Kier molecular flexibility index (Phi) is 5.80. The summed E-state index contributed by atoms with van der Waals surface area (Å²) in [6.07, 6.45) is 7.93. The van der Waals surface area contributed by atoms with E-state index in [9.17, 15) is 9.59 Å². The molecule has 0 aromatic carbocycles. The van der Waals surface area contributed by atoms with E-state index in [0.29, 0.717) is 5.69 Å². The average molecular weight is 309 g/mol. The quantitative estimate of drug-likeness (QED) is 0.823. The summed E-state index contributed by atoms with van der Waals surface area (Å²) in [5.74, 6) is -1.07. The van der Waals surface area contributed by atoms with Gasteiger partial charge in [0.05, 0.1) is 5.69 Å². The maximum Gasteiger partial charge on any atom is 0.346 e. The molecule has 0 saturated heterocycles. The number of esters is 1. The predicted octanol–water partition coefficient (Wildman–Crippen LogP) is 1.95. The van der Waals surface area contributed by atoms with Crippen LogP contribution in [0.3, 0.4) is 0 Å². The first-order chi connectivity index (χ1) is 10.6. The van der Waals surface area contributed by atoms with Gasteiger partial charge in [-0.25, -0.2) is 4.79 Å². The molecule has 1 aliphatic carbocycles. The van der Waals surface area contributed by atoms with E-state index in [0.717, 1.165) is 25.7 Å². The van der Waals surface area contributed by atoms with Crippen molar-refractivity contribution in [1.82, 2.24) is 10.5 Å². The summed E-state index contributed by atoms with van der Waals surface area (Å²) in [7, 11) is 0. The first-order valence-electron chi connectivity index (χ1n) is 7.76. The van der Waals surface area contributed by atoms with Crippen LogP contribution >= 0.6 is 0 Å². The number of nitrogens with zero attached hydrogens (tertiary/aromatic N) is 1. The molecule has 7 heteroatoms. The van der Waals surface area contributed by atoms with Crippen molar-refractivity contribution in [1.29, 1.82) is 0 Å². The van der Waals surface area contributed by atoms with Crippen molar-refractivity contribution < 1.29 is 18.8 Å². The average Bonchev–Trinajstić information content (AvgIpc) is 2.78. The molecule has 1 fully saturated rings. The molecule has 1 aromatic rings. The number of nitrogen functional groups attached to an aromatic ring is 1. The van der Waals surface area contributed by atoms with Crippen LogP contribution in [-0.2, 0) is 9.53 Å². The number of amides is 1. The van der Waals surface area contributed by atoms with Crippen LogP contribution in [-0.4, -0.2) is 29.7 Å². The van der Waals surface area contributed by atoms with E-state index in [1.165, 1.54) is 19.3 Å². The van der Waals surface area contributed by atoms with Gasteiger partial charge in [0.25, 0.3) is 5.91 Å². The number of carbonyl (C=O) groups is 2. The van der Waals surface area contributed by atoms with Crippen LogP contribution in [0, 0.1) is 6.92 Å². The largest absolute Gasteiger partial charge is 0.452 e. The van der Waals surface area contributed by atoms with E-state index >= 15 is 0 Å². The lowest BCUT2D eigenvalue weighted by Gasteiger charge is -2.20. The summed E-state index contributed by atoms with van der Waals surface area (Å²) in [6, 6.07) is 0.175. The Morgan fingerprint density at radius 3 is 2.50 bits per heavy atom. The number of hydrogen-bond donors (Lipinski definition) is 2. The molecule has 0 radical (unpaired) electrons. The molecule has 0 aliphatic heterocycles. The van der Waals surface area contributed by atoms with Crippen LogP contribution in [0.5, 0.6) is 0 Å². The minimum Gasteiger partial charge on any atom is -0.452 e. The summed E-state index contributed by atoms with van der Waals surface area (Å²) in [5.41, 5.74) is 5.93. The molecule has 0 bridgehead atoms. The molecule has 0 unspecified atom stereocenters.